The Morgan fingerprint density at radius 1 is 1.29 bits per heavy atom. The smallest absolute Gasteiger partial charge is 0.261 e. The molecule has 0 atom stereocenters. The van der Waals surface area contributed by atoms with E-state index in [0.29, 0.717) is 17.4 Å². The lowest BCUT2D eigenvalue weighted by atomic mass is 10.2. The van der Waals surface area contributed by atoms with E-state index < -0.39 is 0 Å². The SMILES string of the molecule is Cc1cccc(CNC(=O)Cn2cnc3ccc(Br)cc3c2=O)n1. The first-order valence-corrected chi connectivity index (χ1v) is 8.16. The van der Waals surface area contributed by atoms with E-state index in [1.54, 1.807) is 12.1 Å². The Morgan fingerprint density at radius 3 is 2.92 bits per heavy atom. The molecule has 6 nitrogen and oxygen atoms in total. The number of halogens is 1. The van der Waals surface area contributed by atoms with E-state index in [1.807, 2.05) is 31.2 Å². The van der Waals surface area contributed by atoms with Crippen LogP contribution in [0.5, 0.6) is 0 Å². The van der Waals surface area contributed by atoms with E-state index in [0.717, 1.165) is 15.9 Å². The summed E-state index contributed by atoms with van der Waals surface area (Å²) in [5, 5.41) is 3.24. The lowest BCUT2D eigenvalue weighted by Crippen LogP contribution is -2.32. The van der Waals surface area contributed by atoms with Crippen LogP contribution in [0.3, 0.4) is 0 Å². The van der Waals surface area contributed by atoms with E-state index in [4.69, 9.17) is 0 Å². The third-order valence-corrected chi connectivity index (χ3v) is 4.01. The number of hydrogen-bond acceptors (Lipinski definition) is 4. The maximum atomic E-state index is 12.4. The van der Waals surface area contributed by atoms with Crippen LogP contribution in [0.4, 0.5) is 0 Å². The van der Waals surface area contributed by atoms with Crippen molar-refractivity contribution in [1.29, 1.82) is 0 Å². The molecule has 7 heteroatoms. The van der Waals surface area contributed by atoms with E-state index in [9.17, 15) is 9.59 Å². The van der Waals surface area contributed by atoms with Crippen LogP contribution in [-0.4, -0.2) is 20.4 Å². The molecule has 0 fully saturated rings. The number of benzene rings is 1. The van der Waals surface area contributed by atoms with Gasteiger partial charge in [-0.05, 0) is 37.3 Å². The molecule has 1 amide bonds. The zero-order chi connectivity index (χ0) is 17.1. The van der Waals surface area contributed by atoms with Crippen LogP contribution in [0.25, 0.3) is 10.9 Å². The zero-order valence-corrected chi connectivity index (χ0v) is 14.6. The highest BCUT2D eigenvalue weighted by Crippen LogP contribution is 2.14. The van der Waals surface area contributed by atoms with Crippen molar-refractivity contribution < 1.29 is 4.79 Å². The van der Waals surface area contributed by atoms with Crippen molar-refractivity contribution in [2.24, 2.45) is 0 Å². The van der Waals surface area contributed by atoms with Gasteiger partial charge in [0.2, 0.25) is 5.91 Å². The molecule has 0 saturated carbocycles. The van der Waals surface area contributed by atoms with E-state index in [2.05, 4.69) is 31.2 Å². The summed E-state index contributed by atoms with van der Waals surface area (Å²) in [4.78, 5) is 33.1. The van der Waals surface area contributed by atoms with E-state index >= 15 is 0 Å². The third kappa shape index (κ3) is 3.68. The van der Waals surface area contributed by atoms with Crippen LogP contribution in [0, 0.1) is 6.92 Å². The van der Waals surface area contributed by atoms with Gasteiger partial charge in [0.15, 0.2) is 0 Å². The molecule has 0 spiro atoms. The topological polar surface area (TPSA) is 76.9 Å². The number of carbonyl (C=O) groups is 1. The summed E-state index contributed by atoms with van der Waals surface area (Å²) in [5.41, 5.74) is 2.02. The molecular weight excluding hydrogens is 372 g/mol. The molecule has 0 aliphatic heterocycles. The van der Waals surface area contributed by atoms with Crippen molar-refractivity contribution >= 4 is 32.7 Å². The fourth-order valence-electron chi connectivity index (χ4n) is 2.34. The van der Waals surface area contributed by atoms with Gasteiger partial charge in [0.1, 0.15) is 6.54 Å². The minimum absolute atomic E-state index is 0.0832. The molecule has 0 radical (unpaired) electrons. The standard InChI is InChI=1S/C17H15BrN4O2/c1-11-3-2-4-13(21-11)8-19-16(23)9-22-10-20-15-6-5-12(18)7-14(15)17(22)24/h2-7,10H,8-9H2,1H3,(H,19,23). The molecule has 1 aromatic carbocycles. The molecule has 0 bridgehead atoms. The fourth-order valence-corrected chi connectivity index (χ4v) is 2.70. The van der Waals surface area contributed by atoms with Crippen LogP contribution in [0.15, 0.2) is 52.0 Å². The second-order valence-corrected chi connectivity index (χ2v) is 6.30. The largest absolute Gasteiger partial charge is 0.349 e. The molecular formula is C17H15BrN4O2. The number of aromatic nitrogens is 3. The van der Waals surface area contributed by atoms with Gasteiger partial charge in [-0.15, -0.1) is 0 Å². The van der Waals surface area contributed by atoms with Gasteiger partial charge in [0.05, 0.1) is 29.5 Å². The van der Waals surface area contributed by atoms with Gasteiger partial charge in [-0.1, -0.05) is 22.0 Å². The number of fused-ring (bicyclic) bond motifs is 1. The van der Waals surface area contributed by atoms with Crippen LogP contribution in [0.1, 0.15) is 11.4 Å². The molecule has 0 saturated heterocycles. The molecule has 1 N–H and O–H groups in total. The van der Waals surface area contributed by atoms with Crippen LogP contribution in [-0.2, 0) is 17.9 Å². The Balaban J connectivity index is 1.73. The Labute approximate surface area is 146 Å². The Morgan fingerprint density at radius 2 is 2.12 bits per heavy atom. The maximum absolute atomic E-state index is 12.4. The Kier molecular flexibility index (Phi) is 4.71. The van der Waals surface area contributed by atoms with Crippen LogP contribution < -0.4 is 10.9 Å². The summed E-state index contributed by atoms with van der Waals surface area (Å²) in [7, 11) is 0. The highest BCUT2D eigenvalue weighted by Gasteiger charge is 2.09. The molecule has 122 valence electrons. The van der Waals surface area contributed by atoms with Crippen LogP contribution >= 0.6 is 15.9 Å². The number of carbonyl (C=O) groups excluding carboxylic acids is 1. The van der Waals surface area contributed by atoms with Crippen molar-refractivity contribution in [2.45, 2.75) is 20.0 Å². The van der Waals surface area contributed by atoms with Gasteiger partial charge < -0.3 is 5.32 Å². The summed E-state index contributed by atoms with van der Waals surface area (Å²) in [5.74, 6) is -0.267. The molecule has 2 heterocycles. The first-order chi connectivity index (χ1) is 11.5. The number of nitrogens with one attached hydrogen (secondary N) is 1. The van der Waals surface area contributed by atoms with Gasteiger partial charge in [0, 0.05) is 10.2 Å². The van der Waals surface area contributed by atoms with Gasteiger partial charge in [-0.25, -0.2) is 4.98 Å². The summed E-state index contributed by atoms with van der Waals surface area (Å²) < 4.78 is 2.09. The van der Waals surface area contributed by atoms with E-state index in [1.165, 1.54) is 10.9 Å². The molecule has 3 rings (SSSR count). The number of hydrogen-bond donors (Lipinski definition) is 1. The predicted molar refractivity (Wildman–Crippen MR) is 94.5 cm³/mol. The second kappa shape index (κ2) is 6.92. The van der Waals surface area contributed by atoms with Gasteiger partial charge >= 0.3 is 0 Å². The van der Waals surface area contributed by atoms with Crippen LogP contribution in [0.2, 0.25) is 0 Å². The normalized spacial score (nSPS) is 10.8. The van der Waals surface area contributed by atoms with Gasteiger partial charge in [0.25, 0.3) is 5.56 Å². The first kappa shape index (κ1) is 16.3. The van der Waals surface area contributed by atoms with Crippen molar-refractivity contribution in [3.63, 3.8) is 0 Å². The Bertz CT molecular complexity index is 968. The second-order valence-electron chi connectivity index (χ2n) is 5.39. The van der Waals surface area contributed by atoms with Gasteiger partial charge in [-0.3, -0.25) is 19.1 Å². The summed E-state index contributed by atoms with van der Waals surface area (Å²) >= 11 is 3.34. The van der Waals surface area contributed by atoms with Crippen molar-refractivity contribution in [3.05, 3.63) is 68.9 Å². The predicted octanol–water partition coefficient (Wildman–Crippen LogP) is 2.18. The van der Waals surface area contributed by atoms with Gasteiger partial charge in [-0.2, -0.15) is 0 Å². The molecule has 0 aliphatic rings. The average molecular weight is 387 g/mol. The lowest BCUT2D eigenvalue weighted by Gasteiger charge is -2.08. The molecule has 24 heavy (non-hydrogen) atoms. The first-order valence-electron chi connectivity index (χ1n) is 7.37. The third-order valence-electron chi connectivity index (χ3n) is 3.51. The van der Waals surface area contributed by atoms with Crippen molar-refractivity contribution in [3.8, 4) is 0 Å². The van der Waals surface area contributed by atoms with Crippen molar-refractivity contribution in [2.75, 3.05) is 0 Å². The number of amides is 1. The molecule has 0 unspecified atom stereocenters. The molecule has 2 aromatic heterocycles. The number of rotatable bonds is 4. The highest BCUT2D eigenvalue weighted by atomic mass is 79.9. The highest BCUT2D eigenvalue weighted by molar-refractivity contribution is 9.10. The summed E-state index contributed by atoms with van der Waals surface area (Å²) in [6.07, 6.45) is 1.39. The minimum atomic E-state index is -0.267. The summed E-state index contributed by atoms with van der Waals surface area (Å²) in [6, 6.07) is 10.9. The zero-order valence-electron chi connectivity index (χ0n) is 13.0. The molecule has 0 aliphatic carbocycles. The Hall–Kier alpha value is -2.54. The number of nitrogens with zero attached hydrogens (tertiary/aromatic N) is 3. The van der Waals surface area contributed by atoms with Crippen molar-refractivity contribution in [1.82, 2.24) is 19.9 Å². The fraction of sp³-hybridized carbons (Fsp3) is 0.176. The lowest BCUT2D eigenvalue weighted by molar-refractivity contribution is -0.121. The molecule has 3 aromatic rings. The monoisotopic (exact) mass is 386 g/mol. The quantitative estimate of drug-likeness (QED) is 0.745. The minimum Gasteiger partial charge on any atom is -0.349 e. The number of aryl methyl sites for hydroxylation is 1. The van der Waals surface area contributed by atoms with E-state index in [-0.39, 0.29) is 18.0 Å². The maximum Gasteiger partial charge on any atom is 0.261 e. The number of pyridine rings is 1. The average Bonchev–Trinajstić information content (AvgIpc) is 2.56. The summed E-state index contributed by atoms with van der Waals surface area (Å²) in [6.45, 7) is 2.13.